The molecule has 0 spiro atoms. The Balaban J connectivity index is 1.82. The van der Waals surface area contributed by atoms with E-state index in [1.807, 2.05) is 0 Å². The molecule has 2 aromatic rings. The Hall–Kier alpha value is -1.56. The molecule has 100 valence electrons. The number of hydrogen-bond donors (Lipinski definition) is 0. The van der Waals surface area contributed by atoms with Crippen molar-refractivity contribution < 1.29 is 0 Å². The standard InChI is InChI=1S/C19H24/c1-2-3-4-5-6-7-8-11-17-14-15-18-12-9-10-13-19(18)16-17/h7-10,12-16H,2-6,11H2,1H3/b8-7+. The van der Waals surface area contributed by atoms with Gasteiger partial charge in [0.1, 0.15) is 0 Å². The average Bonchev–Trinajstić information content (AvgIpc) is 2.46. The number of unbranched alkanes of at least 4 members (excludes halogenated alkanes) is 4. The summed E-state index contributed by atoms with van der Waals surface area (Å²) in [6.45, 7) is 2.26. The molecule has 19 heavy (non-hydrogen) atoms. The minimum atomic E-state index is 1.05. The Morgan fingerprint density at radius 3 is 2.53 bits per heavy atom. The van der Waals surface area contributed by atoms with Crippen LogP contribution in [0.3, 0.4) is 0 Å². The van der Waals surface area contributed by atoms with E-state index >= 15 is 0 Å². The average molecular weight is 252 g/mol. The third-order valence-electron chi connectivity index (χ3n) is 3.56. The van der Waals surface area contributed by atoms with Crippen LogP contribution in [0.2, 0.25) is 0 Å². The molecule has 0 aliphatic rings. The Morgan fingerprint density at radius 2 is 1.68 bits per heavy atom. The van der Waals surface area contributed by atoms with Gasteiger partial charge in [-0.15, -0.1) is 0 Å². The van der Waals surface area contributed by atoms with Gasteiger partial charge in [0.15, 0.2) is 0 Å². The van der Waals surface area contributed by atoms with Gasteiger partial charge in [-0.1, -0.05) is 80.8 Å². The third-order valence-corrected chi connectivity index (χ3v) is 3.56. The summed E-state index contributed by atoms with van der Waals surface area (Å²) in [7, 11) is 0. The smallest absolute Gasteiger partial charge is 0.00972 e. The van der Waals surface area contributed by atoms with Gasteiger partial charge in [-0.2, -0.15) is 0 Å². The number of fused-ring (bicyclic) bond motifs is 1. The summed E-state index contributed by atoms with van der Waals surface area (Å²) in [5.41, 5.74) is 1.41. The predicted molar refractivity (Wildman–Crippen MR) is 85.6 cm³/mol. The van der Waals surface area contributed by atoms with E-state index in [1.54, 1.807) is 0 Å². The molecule has 0 unspecified atom stereocenters. The van der Waals surface area contributed by atoms with E-state index in [0.717, 1.165) is 6.42 Å². The van der Waals surface area contributed by atoms with E-state index in [9.17, 15) is 0 Å². The number of allylic oxidation sites excluding steroid dienone is 2. The molecule has 0 aliphatic carbocycles. The highest BCUT2D eigenvalue weighted by molar-refractivity contribution is 5.83. The largest absolute Gasteiger partial charge is 0.0882 e. The van der Waals surface area contributed by atoms with Crippen molar-refractivity contribution in [3.05, 3.63) is 60.2 Å². The lowest BCUT2D eigenvalue weighted by Gasteiger charge is -2.01. The zero-order valence-electron chi connectivity index (χ0n) is 11.9. The van der Waals surface area contributed by atoms with Crippen molar-refractivity contribution in [3.8, 4) is 0 Å². The van der Waals surface area contributed by atoms with Crippen LogP contribution in [0.5, 0.6) is 0 Å². The number of rotatable bonds is 7. The maximum atomic E-state index is 2.34. The zero-order valence-corrected chi connectivity index (χ0v) is 11.9. The number of benzene rings is 2. The fourth-order valence-electron chi connectivity index (χ4n) is 2.39. The van der Waals surface area contributed by atoms with Crippen molar-refractivity contribution in [1.82, 2.24) is 0 Å². The fraction of sp³-hybridized carbons (Fsp3) is 0.368. The lowest BCUT2D eigenvalue weighted by molar-refractivity contribution is 0.674. The molecule has 0 fully saturated rings. The summed E-state index contributed by atoms with van der Waals surface area (Å²) < 4.78 is 0. The van der Waals surface area contributed by atoms with E-state index < -0.39 is 0 Å². The van der Waals surface area contributed by atoms with Gasteiger partial charge in [-0.25, -0.2) is 0 Å². The van der Waals surface area contributed by atoms with Crippen LogP contribution in [0.1, 0.15) is 44.6 Å². The number of hydrogen-bond acceptors (Lipinski definition) is 0. The SMILES string of the molecule is CCCCCC/C=C/Cc1ccc2ccccc2c1. The highest BCUT2D eigenvalue weighted by Gasteiger charge is 1.94. The Morgan fingerprint density at radius 1 is 0.842 bits per heavy atom. The van der Waals surface area contributed by atoms with Crippen LogP contribution in [0.25, 0.3) is 10.8 Å². The van der Waals surface area contributed by atoms with E-state index in [4.69, 9.17) is 0 Å². The molecular weight excluding hydrogens is 228 g/mol. The van der Waals surface area contributed by atoms with Crippen molar-refractivity contribution >= 4 is 10.8 Å². The van der Waals surface area contributed by atoms with Crippen molar-refractivity contribution in [1.29, 1.82) is 0 Å². The summed E-state index contributed by atoms with van der Waals surface area (Å²) in [5.74, 6) is 0. The molecule has 0 bridgehead atoms. The summed E-state index contributed by atoms with van der Waals surface area (Å²) in [5, 5.41) is 2.67. The zero-order chi connectivity index (χ0) is 13.3. The topological polar surface area (TPSA) is 0 Å². The monoisotopic (exact) mass is 252 g/mol. The van der Waals surface area contributed by atoms with Crippen LogP contribution >= 0.6 is 0 Å². The molecule has 0 saturated carbocycles. The second-order valence-electron chi connectivity index (χ2n) is 5.21. The fourth-order valence-corrected chi connectivity index (χ4v) is 2.39. The maximum absolute atomic E-state index is 2.34. The Kier molecular flexibility index (Phi) is 5.68. The second-order valence-corrected chi connectivity index (χ2v) is 5.21. The molecule has 2 aromatic carbocycles. The lowest BCUT2D eigenvalue weighted by atomic mass is 10.0. The molecule has 0 amide bonds. The molecule has 0 saturated heterocycles. The van der Waals surface area contributed by atoms with Crippen molar-refractivity contribution in [2.24, 2.45) is 0 Å². The lowest BCUT2D eigenvalue weighted by Crippen LogP contribution is -1.82. The van der Waals surface area contributed by atoms with Crippen molar-refractivity contribution in [2.75, 3.05) is 0 Å². The highest BCUT2D eigenvalue weighted by atomic mass is 14.0. The van der Waals surface area contributed by atoms with Crippen LogP contribution in [0.15, 0.2) is 54.6 Å². The quantitative estimate of drug-likeness (QED) is 0.424. The third kappa shape index (κ3) is 4.55. The van der Waals surface area contributed by atoms with Crippen molar-refractivity contribution in [3.63, 3.8) is 0 Å². The van der Waals surface area contributed by atoms with E-state index in [1.165, 1.54) is 48.4 Å². The first-order chi connectivity index (χ1) is 9.40. The van der Waals surface area contributed by atoms with Crippen LogP contribution in [0.4, 0.5) is 0 Å². The molecule has 0 aromatic heterocycles. The van der Waals surface area contributed by atoms with Gasteiger partial charge < -0.3 is 0 Å². The molecule has 0 N–H and O–H groups in total. The van der Waals surface area contributed by atoms with Gasteiger partial charge in [0.05, 0.1) is 0 Å². The summed E-state index contributed by atoms with van der Waals surface area (Å²) >= 11 is 0. The van der Waals surface area contributed by atoms with Crippen LogP contribution in [-0.4, -0.2) is 0 Å². The Bertz CT molecular complexity index is 522. The molecule has 0 atom stereocenters. The van der Waals surface area contributed by atoms with Gasteiger partial charge in [-0.05, 0) is 35.6 Å². The van der Waals surface area contributed by atoms with Gasteiger partial charge in [0, 0.05) is 0 Å². The predicted octanol–water partition coefficient (Wildman–Crippen LogP) is 5.91. The van der Waals surface area contributed by atoms with E-state index in [0.29, 0.717) is 0 Å². The van der Waals surface area contributed by atoms with Gasteiger partial charge in [0.25, 0.3) is 0 Å². The molecular formula is C19H24. The maximum Gasteiger partial charge on any atom is -0.00972 e. The van der Waals surface area contributed by atoms with Gasteiger partial charge >= 0.3 is 0 Å². The van der Waals surface area contributed by atoms with Crippen LogP contribution < -0.4 is 0 Å². The first-order valence-corrected chi connectivity index (χ1v) is 7.53. The van der Waals surface area contributed by atoms with E-state index in [-0.39, 0.29) is 0 Å². The van der Waals surface area contributed by atoms with Gasteiger partial charge in [-0.3, -0.25) is 0 Å². The first-order valence-electron chi connectivity index (χ1n) is 7.53. The Labute approximate surface area is 117 Å². The molecule has 0 nitrogen and oxygen atoms in total. The normalized spacial score (nSPS) is 11.4. The summed E-state index contributed by atoms with van der Waals surface area (Å²) in [6.07, 6.45) is 12.3. The van der Waals surface area contributed by atoms with Crippen LogP contribution in [-0.2, 0) is 6.42 Å². The highest BCUT2D eigenvalue weighted by Crippen LogP contribution is 2.16. The minimum Gasteiger partial charge on any atom is -0.0882 e. The second kappa shape index (κ2) is 7.78. The van der Waals surface area contributed by atoms with Gasteiger partial charge in [0.2, 0.25) is 0 Å². The minimum absolute atomic E-state index is 1.05. The molecule has 0 heterocycles. The first kappa shape index (κ1) is 13.9. The summed E-state index contributed by atoms with van der Waals surface area (Å²) in [6, 6.07) is 15.3. The molecule has 0 aliphatic heterocycles. The molecule has 2 rings (SSSR count). The van der Waals surface area contributed by atoms with Crippen LogP contribution in [0, 0.1) is 0 Å². The van der Waals surface area contributed by atoms with Crippen molar-refractivity contribution in [2.45, 2.75) is 45.4 Å². The molecule has 0 heteroatoms. The summed E-state index contributed by atoms with van der Waals surface area (Å²) in [4.78, 5) is 0. The van der Waals surface area contributed by atoms with E-state index in [2.05, 4.69) is 61.5 Å². The molecule has 0 radical (unpaired) electrons.